The van der Waals surface area contributed by atoms with Crippen molar-refractivity contribution in [3.8, 4) is 12.3 Å². The third kappa shape index (κ3) is 3.53. The number of hydrogen-bond donors (Lipinski definition) is 1. The summed E-state index contributed by atoms with van der Waals surface area (Å²) in [5.74, 6) is 3.57. The number of rotatable bonds is 2. The Bertz CT molecular complexity index is 464. The van der Waals surface area contributed by atoms with Crippen LogP contribution >= 0.6 is 35.6 Å². The molecule has 0 aromatic heterocycles. The van der Waals surface area contributed by atoms with Crippen molar-refractivity contribution in [3.63, 3.8) is 0 Å². The Balaban J connectivity index is 0.00000162. The Hall–Kier alpha value is -0.930. The molecule has 1 heterocycles. The zero-order chi connectivity index (χ0) is 12.3. The van der Waals surface area contributed by atoms with E-state index in [1.54, 1.807) is 0 Å². The van der Waals surface area contributed by atoms with Gasteiger partial charge in [-0.1, -0.05) is 29.7 Å². The first-order chi connectivity index (χ1) is 8.20. The number of nitrogens with zero attached hydrogens (tertiary/aromatic N) is 2. The van der Waals surface area contributed by atoms with E-state index in [4.69, 9.17) is 18.0 Å². The minimum Gasteiger partial charge on any atom is -0.344 e. The summed E-state index contributed by atoms with van der Waals surface area (Å²) in [6.45, 7) is 1.75. The lowest BCUT2D eigenvalue weighted by Gasteiger charge is -2.20. The standard InChI is InChI=1S/C13H14ClN3.HI/c1-3-12(10-4-6-11(14)7-5-10)16-13-15-8-9-17(13)2;/h1,4-7,12H,8-9H2,2H3,(H,15,16);1H. The van der Waals surface area contributed by atoms with E-state index in [9.17, 15) is 0 Å². The van der Waals surface area contributed by atoms with Gasteiger partial charge in [0.25, 0.3) is 0 Å². The number of halogens is 2. The lowest BCUT2D eigenvalue weighted by Crippen LogP contribution is -2.37. The van der Waals surface area contributed by atoms with Gasteiger partial charge in [-0.25, -0.2) is 0 Å². The van der Waals surface area contributed by atoms with Gasteiger partial charge in [0.1, 0.15) is 6.04 Å². The Morgan fingerprint density at radius 1 is 1.44 bits per heavy atom. The average molecular weight is 376 g/mol. The Kier molecular flexibility index (Phi) is 5.76. The highest BCUT2D eigenvalue weighted by atomic mass is 127. The van der Waals surface area contributed by atoms with Gasteiger partial charge in [0.2, 0.25) is 0 Å². The molecule has 1 aromatic rings. The number of nitrogens with one attached hydrogen (secondary N) is 1. The van der Waals surface area contributed by atoms with Crippen molar-refractivity contribution >= 4 is 41.5 Å². The molecular formula is C13H15ClIN3. The average Bonchev–Trinajstić information content (AvgIpc) is 2.73. The third-order valence-electron chi connectivity index (χ3n) is 2.70. The van der Waals surface area contributed by atoms with Crippen LogP contribution in [-0.2, 0) is 0 Å². The fourth-order valence-corrected chi connectivity index (χ4v) is 1.82. The molecule has 0 amide bonds. The molecule has 1 unspecified atom stereocenters. The van der Waals surface area contributed by atoms with Crippen molar-refractivity contribution in [1.82, 2.24) is 10.2 Å². The number of likely N-dealkylation sites (N-methyl/N-ethyl adjacent to an activating group) is 1. The van der Waals surface area contributed by atoms with E-state index in [0.717, 1.165) is 24.6 Å². The third-order valence-corrected chi connectivity index (χ3v) is 2.95. The molecule has 0 fully saturated rings. The summed E-state index contributed by atoms with van der Waals surface area (Å²) < 4.78 is 0. The molecule has 0 spiro atoms. The van der Waals surface area contributed by atoms with Crippen LogP contribution in [0.25, 0.3) is 0 Å². The van der Waals surface area contributed by atoms with E-state index in [1.165, 1.54) is 0 Å². The van der Waals surface area contributed by atoms with Gasteiger partial charge in [-0.3, -0.25) is 4.99 Å². The molecule has 1 aliphatic rings. The maximum absolute atomic E-state index is 5.85. The first-order valence-corrected chi connectivity index (χ1v) is 5.82. The molecule has 0 saturated heterocycles. The number of terminal acetylenes is 1. The van der Waals surface area contributed by atoms with Crippen molar-refractivity contribution in [1.29, 1.82) is 0 Å². The molecule has 18 heavy (non-hydrogen) atoms. The number of hydrogen-bond acceptors (Lipinski definition) is 3. The molecule has 0 radical (unpaired) electrons. The molecule has 96 valence electrons. The van der Waals surface area contributed by atoms with Gasteiger partial charge in [0.15, 0.2) is 5.96 Å². The highest BCUT2D eigenvalue weighted by Crippen LogP contribution is 2.16. The van der Waals surface area contributed by atoms with Gasteiger partial charge in [-0.05, 0) is 17.7 Å². The molecule has 3 nitrogen and oxygen atoms in total. The highest BCUT2D eigenvalue weighted by Gasteiger charge is 2.16. The van der Waals surface area contributed by atoms with Crippen LogP contribution in [0, 0.1) is 12.3 Å². The summed E-state index contributed by atoms with van der Waals surface area (Å²) in [4.78, 5) is 6.41. The molecule has 0 bridgehead atoms. The number of guanidine groups is 1. The first kappa shape index (κ1) is 15.1. The summed E-state index contributed by atoms with van der Waals surface area (Å²) in [6, 6.07) is 7.35. The second-order valence-corrected chi connectivity index (χ2v) is 4.36. The first-order valence-electron chi connectivity index (χ1n) is 5.44. The predicted octanol–water partition coefficient (Wildman–Crippen LogP) is 2.52. The molecular weight excluding hydrogens is 361 g/mol. The maximum Gasteiger partial charge on any atom is 0.195 e. The fourth-order valence-electron chi connectivity index (χ4n) is 1.69. The largest absolute Gasteiger partial charge is 0.344 e. The van der Waals surface area contributed by atoms with Crippen LogP contribution in [-0.4, -0.2) is 31.0 Å². The molecule has 1 aliphatic heterocycles. The van der Waals surface area contributed by atoms with Crippen LogP contribution in [0.4, 0.5) is 0 Å². The van der Waals surface area contributed by atoms with Gasteiger partial charge < -0.3 is 10.2 Å². The van der Waals surface area contributed by atoms with E-state index < -0.39 is 0 Å². The predicted molar refractivity (Wildman–Crippen MR) is 86.5 cm³/mol. The molecule has 2 rings (SSSR count). The summed E-state index contributed by atoms with van der Waals surface area (Å²) in [7, 11) is 1.99. The zero-order valence-electron chi connectivity index (χ0n) is 10.1. The molecule has 0 saturated carbocycles. The maximum atomic E-state index is 5.85. The van der Waals surface area contributed by atoms with Crippen molar-refractivity contribution < 1.29 is 0 Å². The van der Waals surface area contributed by atoms with Gasteiger partial charge >= 0.3 is 0 Å². The van der Waals surface area contributed by atoms with Crippen molar-refractivity contribution in [3.05, 3.63) is 34.9 Å². The van der Waals surface area contributed by atoms with E-state index >= 15 is 0 Å². The lowest BCUT2D eigenvalue weighted by atomic mass is 10.1. The van der Waals surface area contributed by atoms with E-state index in [1.807, 2.05) is 31.3 Å². The second kappa shape index (κ2) is 6.86. The van der Waals surface area contributed by atoms with E-state index in [-0.39, 0.29) is 30.0 Å². The SMILES string of the molecule is C#CC(NC1=NCCN1C)c1ccc(Cl)cc1.I. The Morgan fingerprint density at radius 2 is 2.11 bits per heavy atom. The normalized spacial score (nSPS) is 15.4. The Labute approximate surface area is 130 Å². The van der Waals surface area contributed by atoms with Crippen molar-refractivity contribution in [2.75, 3.05) is 20.1 Å². The minimum absolute atomic E-state index is 0. The van der Waals surface area contributed by atoms with E-state index in [2.05, 4.69) is 21.1 Å². The summed E-state index contributed by atoms with van der Waals surface area (Å²) in [5.41, 5.74) is 1.01. The summed E-state index contributed by atoms with van der Waals surface area (Å²) in [5, 5.41) is 3.96. The van der Waals surface area contributed by atoms with Crippen molar-refractivity contribution in [2.24, 2.45) is 4.99 Å². The van der Waals surface area contributed by atoms with Gasteiger partial charge in [-0.15, -0.1) is 30.4 Å². The van der Waals surface area contributed by atoms with Gasteiger partial charge in [-0.2, -0.15) is 0 Å². The highest BCUT2D eigenvalue weighted by molar-refractivity contribution is 14.0. The van der Waals surface area contributed by atoms with Crippen LogP contribution in [0.15, 0.2) is 29.3 Å². The van der Waals surface area contributed by atoms with Crippen LogP contribution < -0.4 is 5.32 Å². The number of aliphatic imine (C=N–C) groups is 1. The fraction of sp³-hybridized carbons (Fsp3) is 0.308. The van der Waals surface area contributed by atoms with Crippen LogP contribution in [0.5, 0.6) is 0 Å². The molecule has 1 N–H and O–H groups in total. The number of benzene rings is 1. The van der Waals surface area contributed by atoms with Gasteiger partial charge in [0, 0.05) is 18.6 Å². The zero-order valence-corrected chi connectivity index (χ0v) is 13.1. The van der Waals surface area contributed by atoms with Crippen LogP contribution in [0.2, 0.25) is 5.02 Å². The van der Waals surface area contributed by atoms with E-state index in [0.29, 0.717) is 5.02 Å². The topological polar surface area (TPSA) is 27.6 Å². The summed E-state index contributed by atoms with van der Waals surface area (Å²) in [6.07, 6.45) is 5.55. The molecule has 5 heteroatoms. The quantitative estimate of drug-likeness (QED) is 0.635. The lowest BCUT2D eigenvalue weighted by molar-refractivity contribution is 0.529. The van der Waals surface area contributed by atoms with Crippen LogP contribution in [0.3, 0.4) is 0 Å². The molecule has 1 aromatic carbocycles. The minimum atomic E-state index is -0.174. The molecule has 1 atom stereocenters. The Morgan fingerprint density at radius 3 is 2.61 bits per heavy atom. The second-order valence-electron chi connectivity index (χ2n) is 3.92. The van der Waals surface area contributed by atoms with Gasteiger partial charge in [0.05, 0.1) is 6.54 Å². The van der Waals surface area contributed by atoms with Crippen molar-refractivity contribution in [2.45, 2.75) is 6.04 Å². The smallest absolute Gasteiger partial charge is 0.195 e. The van der Waals surface area contributed by atoms with Crippen LogP contribution in [0.1, 0.15) is 11.6 Å². The molecule has 0 aliphatic carbocycles. The monoisotopic (exact) mass is 375 g/mol. The summed E-state index contributed by atoms with van der Waals surface area (Å²) >= 11 is 5.85.